The highest BCUT2D eigenvalue weighted by Crippen LogP contribution is 2.31. The molecular formula is C24H21Cl2N5OS2. The van der Waals surface area contributed by atoms with Crippen molar-refractivity contribution >= 4 is 52.2 Å². The normalized spacial score (nSPS) is 13.5. The Kier molecular flexibility index (Phi) is 7.20. The van der Waals surface area contributed by atoms with E-state index in [-0.39, 0.29) is 5.91 Å². The van der Waals surface area contributed by atoms with Crippen LogP contribution in [0, 0.1) is 0 Å². The van der Waals surface area contributed by atoms with E-state index in [0.29, 0.717) is 27.9 Å². The highest BCUT2D eigenvalue weighted by Gasteiger charge is 2.22. The number of carbonyl (C=O) groups excluding carboxylic acids is 1. The Morgan fingerprint density at radius 2 is 1.82 bits per heavy atom. The molecule has 34 heavy (non-hydrogen) atoms. The number of hydrogen-bond acceptors (Lipinski definition) is 6. The van der Waals surface area contributed by atoms with Crippen molar-refractivity contribution in [3.63, 3.8) is 0 Å². The molecule has 10 heteroatoms. The first-order valence-electron chi connectivity index (χ1n) is 10.9. The van der Waals surface area contributed by atoms with Gasteiger partial charge in [-0.25, -0.2) is 4.98 Å². The fourth-order valence-electron chi connectivity index (χ4n) is 3.85. The fraction of sp³-hybridized carbons (Fsp3) is 0.250. The lowest BCUT2D eigenvalue weighted by Gasteiger charge is -2.12. The molecule has 0 N–H and O–H groups in total. The van der Waals surface area contributed by atoms with E-state index in [9.17, 15) is 4.79 Å². The van der Waals surface area contributed by atoms with Crippen LogP contribution in [0.1, 0.15) is 39.7 Å². The van der Waals surface area contributed by atoms with Crippen LogP contribution in [0.25, 0.3) is 5.69 Å². The van der Waals surface area contributed by atoms with E-state index in [4.69, 9.17) is 23.2 Å². The van der Waals surface area contributed by atoms with E-state index >= 15 is 0 Å². The largest absolute Gasteiger partial charge is 0.337 e. The molecule has 1 aliphatic rings. The SMILES string of the molecule is O=C(c1csc(CSc2nnc(Cc3ccccc3)n2-c2ccc(Cl)c(Cl)c2)n1)N1CCCC1. The lowest BCUT2D eigenvalue weighted by molar-refractivity contribution is 0.0787. The van der Waals surface area contributed by atoms with Gasteiger partial charge in [-0.3, -0.25) is 9.36 Å². The Balaban J connectivity index is 1.39. The molecular weight excluding hydrogens is 509 g/mol. The minimum absolute atomic E-state index is 0.0223. The molecule has 0 atom stereocenters. The number of carbonyl (C=O) groups is 1. The molecule has 0 aliphatic carbocycles. The maximum absolute atomic E-state index is 12.6. The maximum atomic E-state index is 12.6. The van der Waals surface area contributed by atoms with E-state index in [0.717, 1.165) is 53.2 Å². The van der Waals surface area contributed by atoms with E-state index in [1.807, 2.05) is 45.2 Å². The van der Waals surface area contributed by atoms with Crippen molar-refractivity contribution in [2.45, 2.75) is 30.2 Å². The van der Waals surface area contributed by atoms with Crippen LogP contribution in [-0.2, 0) is 12.2 Å². The number of rotatable bonds is 7. The molecule has 0 spiro atoms. The highest BCUT2D eigenvalue weighted by atomic mass is 35.5. The molecule has 174 valence electrons. The van der Waals surface area contributed by atoms with Crippen molar-refractivity contribution in [1.29, 1.82) is 0 Å². The van der Waals surface area contributed by atoms with Gasteiger partial charge >= 0.3 is 0 Å². The third-order valence-corrected chi connectivity index (χ3v) is 8.27. The van der Waals surface area contributed by atoms with Crippen LogP contribution in [0.5, 0.6) is 0 Å². The summed E-state index contributed by atoms with van der Waals surface area (Å²) in [5, 5.41) is 13.4. The molecule has 1 amide bonds. The first kappa shape index (κ1) is 23.4. The summed E-state index contributed by atoms with van der Waals surface area (Å²) in [5.41, 5.74) is 2.51. The van der Waals surface area contributed by atoms with Crippen LogP contribution < -0.4 is 0 Å². The molecule has 1 fully saturated rings. The fourth-order valence-corrected chi connectivity index (χ4v) is 5.90. The predicted octanol–water partition coefficient (Wildman–Crippen LogP) is 6.15. The Labute approximate surface area is 215 Å². The second kappa shape index (κ2) is 10.5. The van der Waals surface area contributed by atoms with Gasteiger partial charge in [0.25, 0.3) is 5.91 Å². The zero-order valence-electron chi connectivity index (χ0n) is 18.2. The Hall–Kier alpha value is -2.39. The summed E-state index contributed by atoms with van der Waals surface area (Å²) in [7, 11) is 0. The standard InChI is InChI=1S/C24H21Cl2N5OS2/c25-18-9-8-17(13-19(18)26)31-21(12-16-6-2-1-3-7-16)28-29-24(31)34-15-22-27-20(14-33-22)23(32)30-10-4-5-11-30/h1-3,6-9,13-14H,4-5,10-12,15H2. The Morgan fingerprint density at radius 3 is 2.59 bits per heavy atom. The van der Waals surface area contributed by atoms with Gasteiger partial charge in [-0.2, -0.15) is 0 Å². The highest BCUT2D eigenvalue weighted by molar-refractivity contribution is 7.98. The van der Waals surface area contributed by atoms with Gasteiger partial charge in [0, 0.05) is 24.9 Å². The topological polar surface area (TPSA) is 63.9 Å². The smallest absolute Gasteiger partial charge is 0.273 e. The number of benzene rings is 2. The van der Waals surface area contributed by atoms with Gasteiger partial charge in [0.2, 0.25) is 0 Å². The van der Waals surface area contributed by atoms with Gasteiger partial charge in [-0.15, -0.1) is 21.5 Å². The molecule has 0 unspecified atom stereocenters. The summed E-state index contributed by atoms with van der Waals surface area (Å²) in [5.74, 6) is 1.41. The summed E-state index contributed by atoms with van der Waals surface area (Å²) >= 11 is 15.5. The van der Waals surface area contributed by atoms with E-state index in [1.165, 1.54) is 23.1 Å². The third kappa shape index (κ3) is 5.15. The Morgan fingerprint density at radius 1 is 1.03 bits per heavy atom. The third-order valence-electron chi connectivity index (χ3n) is 5.56. The maximum Gasteiger partial charge on any atom is 0.273 e. The van der Waals surface area contributed by atoms with Gasteiger partial charge < -0.3 is 4.90 Å². The van der Waals surface area contributed by atoms with Gasteiger partial charge in [0.15, 0.2) is 5.16 Å². The quantitative estimate of drug-likeness (QED) is 0.268. The van der Waals surface area contributed by atoms with E-state index < -0.39 is 0 Å². The average molecular weight is 531 g/mol. The van der Waals surface area contributed by atoms with Crippen molar-refractivity contribution in [3.8, 4) is 5.69 Å². The second-order valence-electron chi connectivity index (χ2n) is 7.91. The summed E-state index contributed by atoms with van der Waals surface area (Å²) in [6, 6.07) is 15.6. The molecule has 2 aromatic carbocycles. The summed E-state index contributed by atoms with van der Waals surface area (Å²) in [4.78, 5) is 19.1. The van der Waals surface area contributed by atoms with E-state index in [2.05, 4.69) is 27.3 Å². The number of thiazole rings is 1. The molecule has 3 heterocycles. The van der Waals surface area contributed by atoms with Crippen molar-refractivity contribution in [1.82, 2.24) is 24.6 Å². The minimum atomic E-state index is 0.0223. The summed E-state index contributed by atoms with van der Waals surface area (Å²) < 4.78 is 2.00. The second-order valence-corrected chi connectivity index (χ2v) is 10.6. The molecule has 1 saturated heterocycles. The monoisotopic (exact) mass is 529 g/mol. The average Bonchev–Trinajstić information content (AvgIpc) is 3.61. The first-order valence-corrected chi connectivity index (χ1v) is 13.5. The van der Waals surface area contributed by atoms with Gasteiger partial charge in [-0.05, 0) is 36.6 Å². The lowest BCUT2D eigenvalue weighted by Crippen LogP contribution is -2.27. The number of likely N-dealkylation sites (tertiary alicyclic amines) is 1. The van der Waals surface area contributed by atoms with Crippen LogP contribution in [0.2, 0.25) is 10.0 Å². The lowest BCUT2D eigenvalue weighted by atomic mass is 10.1. The van der Waals surface area contributed by atoms with Gasteiger partial charge in [0.1, 0.15) is 16.5 Å². The number of aromatic nitrogens is 4. The number of amides is 1. The van der Waals surface area contributed by atoms with Gasteiger partial charge in [-0.1, -0.05) is 65.3 Å². The van der Waals surface area contributed by atoms with Crippen LogP contribution in [0.15, 0.2) is 59.1 Å². The van der Waals surface area contributed by atoms with Crippen molar-refractivity contribution in [2.75, 3.05) is 13.1 Å². The zero-order valence-corrected chi connectivity index (χ0v) is 21.3. The first-order chi connectivity index (χ1) is 16.6. The van der Waals surface area contributed by atoms with Crippen LogP contribution in [0.4, 0.5) is 0 Å². The van der Waals surface area contributed by atoms with Crippen LogP contribution in [0.3, 0.4) is 0 Å². The summed E-state index contributed by atoms with van der Waals surface area (Å²) in [6.07, 6.45) is 2.75. The number of halogens is 2. The number of hydrogen-bond donors (Lipinski definition) is 0. The number of thioether (sulfide) groups is 1. The molecule has 2 aromatic heterocycles. The summed E-state index contributed by atoms with van der Waals surface area (Å²) in [6.45, 7) is 1.63. The van der Waals surface area contributed by atoms with Crippen molar-refractivity contribution in [2.24, 2.45) is 0 Å². The van der Waals surface area contributed by atoms with Crippen molar-refractivity contribution < 1.29 is 4.79 Å². The Bertz CT molecular complexity index is 1300. The molecule has 4 aromatic rings. The zero-order chi connectivity index (χ0) is 23.5. The molecule has 1 aliphatic heterocycles. The molecule has 5 rings (SSSR count). The predicted molar refractivity (Wildman–Crippen MR) is 137 cm³/mol. The minimum Gasteiger partial charge on any atom is -0.337 e. The van der Waals surface area contributed by atoms with Crippen LogP contribution in [-0.4, -0.2) is 43.6 Å². The van der Waals surface area contributed by atoms with E-state index in [1.54, 1.807) is 6.07 Å². The molecule has 0 saturated carbocycles. The van der Waals surface area contributed by atoms with Crippen LogP contribution >= 0.6 is 46.3 Å². The van der Waals surface area contributed by atoms with Gasteiger partial charge in [0.05, 0.1) is 21.5 Å². The van der Waals surface area contributed by atoms with Crippen molar-refractivity contribution in [3.05, 3.63) is 86.0 Å². The number of nitrogens with zero attached hydrogens (tertiary/aromatic N) is 5. The molecule has 0 bridgehead atoms. The molecule has 0 radical (unpaired) electrons. The molecule has 6 nitrogen and oxygen atoms in total.